The lowest BCUT2D eigenvalue weighted by molar-refractivity contribution is 0.262. The molecule has 2 fully saturated rings. The molecule has 1 aliphatic heterocycles. The molecule has 0 unspecified atom stereocenters. The predicted molar refractivity (Wildman–Crippen MR) is 120 cm³/mol. The smallest absolute Gasteiger partial charge is 0.168 e. The van der Waals surface area contributed by atoms with E-state index in [-0.39, 0.29) is 17.4 Å². The summed E-state index contributed by atoms with van der Waals surface area (Å²) in [7, 11) is 1.60. The summed E-state index contributed by atoms with van der Waals surface area (Å²) in [5, 5.41) is 7.76. The van der Waals surface area contributed by atoms with Gasteiger partial charge in [-0.2, -0.15) is 5.10 Å². The van der Waals surface area contributed by atoms with Crippen LogP contribution in [0, 0.1) is 11.6 Å². The Hall–Kier alpha value is -2.88. The van der Waals surface area contributed by atoms with E-state index in [0.717, 1.165) is 50.5 Å². The van der Waals surface area contributed by atoms with E-state index in [1.165, 1.54) is 17.1 Å². The minimum Gasteiger partial charge on any atom is -0.495 e. The summed E-state index contributed by atoms with van der Waals surface area (Å²) in [4.78, 5) is 8.11. The Labute approximate surface area is 190 Å². The maximum atomic E-state index is 14.3. The van der Waals surface area contributed by atoms with Gasteiger partial charge >= 0.3 is 0 Å². The van der Waals surface area contributed by atoms with E-state index in [4.69, 9.17) is 10.5 Å². The van der Waals surface area contributed by atoms with Crippen LogP contribution in [0.2, 0.25) is 0 Å². The molecule has 10 heteroatoms. The van der Waals surface area contributed by atoms with Crippen molar-refractivity contribution in [2.75, 3.05) is 25.9 Å². The van der Waals surface area contributed by atoms with Gasteiger partial charge in [0.25, 0.3) is 0 Å². The Kier molecular flexibility index (Phi) is 7.32. The summed E-state index contributed by atoms with van der Waals surface area (Å²) in [5.41, 5.74) is 7.08. The van der Waals surface area contributed by atoms with Crippen LogP contribution in [-0.4, -0.2) is 46.0 Å². The van der Waals surface area contributed by atoms with Crippen LogP contribution in [0.3, 0.4) is 0 Å². The van der Waals surface area contributed by atoms with E-state index < -0.39 is 17.8 Å². The van der Waals surface area contributed by atoms with Gasteiger partial charge in [0.1, 0.15) is 29.0 Å². The summed E-state index contributed by atoms with van der Waals surface area (Å²) in [6.45, 7) is 1.72. The number of halogens is 3. The Balaban J connectivity index is 0.000000318. The maximum Gasteiger partial charge on any atom is 0.168 e. The second-order valence-electron chi connectivity index (χ2n) is 8.46. The molecule has 3 aromatic heterocycles. The van der Waals surface area contributed by atoms with Crippen LogP contribution < -0.4 is 15.8 Å². The quantitative estimate of drug-likeness (QED) is 0.599. The molecule has 0 bridgehead atoms. The number of nitrogens with one attached hydrogen (secondary N) is 1. The molecule has 4 heterocycles. The Morgan fingerprint density at radius 3 is 2.42 bits per heavy atom. The summed E-state index contributed by atoms with van der Waals surface area (Å²) in [5.74, 6) is -1.10. The zero-order valence-corrected chi connectivity index (χ0v) is 18.7. The van der Waals surface area contributed by atoms with Gasteiger partial charge in [-0.3, -0.25) is 0 Å². The topological polar surface area (TPSA) is 90.4 Å². The fourth-order valence-electron chi connectivity index (χ4n) is 4.34. The predicted octanol–water partition coefficient (Wildman–Crippen LogP) is 4.42. The van der Waals surface area contributed by atoms with Crippen LogP contribution in [0.1, 0.15) is 56.6 Å². The zero-order chi connectivity index (χ0) is 23.4. The number of aromatic nitrogens is 4. The van der Waals surface area contributed by atoms with E-state index in [1.807, 2.05) is 0 Å². The number of hydrogen-bond acceptors (Lipinski definition) is 6. The number of nitrogens with two attached hydrogens (primary N) is 1. The van der Waals surface area contributed by atoms with Gasteiger partial charge < -0.3 is 15.8 Å². The zero-order valence-electron chi connectivity index (χ0n) is 18.7. The second-order valence-corrected chi connectivity index (χ2v) is 8.46. The lowest BCUT2D eigenvalue weighted by Gasteiger charge is -2.22. The first kappa shape index (κ1) is 23.3. The molecule has 178 valence electrons. The van der Waals surface area contributed by atoms with E-state index in [0.29, 0.717) is 29.9 Å². The number of fused-ring (bicyclic) bond motifs is 1. The number of methoxy groups -OCH3 is 1. The monoisotopic (exact) mass is 462 g/mol. The van der Waals surface area contributed by atoms with Crippen molar-refractivity contribution in [1.82, 2.24) is 24.9 Å². The van der Waals surface area contributed by atoms with Crippen LogP contribution in [0.4, 0.5) is 19.0 Å². The number of pyridine rings is 1. The third kappa shape index (κ3) is 5.21. The molecule has 0 aromatic carbocycles. The van der Waals surface area contributed by atoms with E-state index in [1.54, 1.807) is 13.2 Å². The van der Waals surface area contributed by atoms with Gasteiger partial charge in [0.15, 0.2) is 23.1 Å². The number of ether oxygens (including phenoxy) is 1. The maximum absolute atomic E-state index is 14.3. The number of alkyl halides is 1. The van der Waals surface area contributed by atoms with Crippen molar-refractivity contribution in [1.29, 1.82) is 0 Å². The number of nitrogens with zero attached hydrogens (tertiary/aromatic N) is 4. The molecule has 3 N–H and O–H groups in total. The largest absolute Gasteiger partial charge is 0.495 e. The third-order valence-corrected chi connectivity index (χ3v) is 6.16. The molecule has 3 aromatic rings. The molecule has 7 nitrogen and oxygen atoms in total. The summed E-state index contributed by atoms with van der Waals surface area (Å²) in [6.07, 6.45) is 7.94. The highest BCUT2D eigenvalue weighted by Crippen LogP contribution is 2.37. The minimum atomic E-state index is -0.891. The third-order valence-electron chi connectivity index (χ3n) is 6.16. The van der Waals surface area contributed by atoms with Crippen molar-refractivity contribution in [3.63, 3.8) is 0 Å². The fourth-order valence-corrected chi connectivity index (χ4v) is 4.34. The van der Waals surface area contributed by atoms with Gasteiger partial charge in [-0.15, -0.1) is 0 Å². The van der Waals surface area contributed by atoms with Crippen LogP contribution in [0.25, 0.3) is 17.0 Å². The van der Waals surface area contributed by atoms with Crippen molar-refractivity contribution in [3.8, 4) is 17.1 Å². The lowest BCUT2D eigenvalue weighted by atomic mass is 9.86. The van der Waals surface area contributed by atoms with Gasteiger partial charge in [-0.05, 0) is 38.8 Å². The Morgan fingerprint density at radius 1 is 1.06 bits per heavy atom. The number of anilines is 1. The molecule has 1 saturated heterocycles. The first-order valence-corrected chi connectivity index (χ1v) is 11.4. The molecule has 2 aliphatic rings. The molecular weight excluding hydrogens is 433 g/mol. The molecule has 0 atom stereocenters. The summed E-state index contributed by atoms with van der Waals surface area (Å²) in [6, 6.07) is 2.51. The first-order valence-electron chi connectivity index (χ1n) is 11.4. The number of nitrogen functional groups attached to an aromatic ring is 1. The SMILES string of the molecule is COc1cc2ncc(-c3nc(N)c(F)cc3F)n2nc1C1CCCCC1.FC1CCNCC1. The number of imidazole rings is 1. The molecule has 0 amide bonds. The number of piperidine rings is 1. The van der Waals surface area contributed by atoms with E-state index in [2.05, 4.69) is 20.4 Å². The molecule has 1 saturated carbocycles. The van der Waals surface area contributed by atoms with Crippen molar-refractivity contribution < 1.29 is 17.9 Å². The normalized spacial score (nSPS) is 17.6. The highest BCUT2D eigenvalue weighted by Gasteiger charge is 2.24. The molecule has 1 aliphatic carbocycles. The van der Waals surface area contributed by atoms with Crippen LogP contribution in [-0.2, 0) is 0 Å². The van der Waals surface area contributed by atoms with Gasteiger partial charge in [-0.1, -0.05) is 19.3 Å². The van der Waals surface area contributed by atoms with Gasteiger partial charge in [-0.25, -0.2) is 27.7 Å². The van der Waals surface area contributed by atoms with Crippen LogP contribution >= 0.6 is 0 Å². The van der Waals surface area contributed by atoms with Crippen molar-refractivity contribution in [2.45, 2.75) is 57.0 Å². The van der Waals surface area contributed by atoms with Gasteiger partial charge in [0.05, 0.1) is 13.3 Å². The lowest BCUT2D eigenvalue weighted by Crippen LogP contribution is -2.28. The molecule has 33 heavy (non-hydrogen) atoms. The summed E-state index contributed by atoms with van der Waals surface area (Å²) < 4.78 is 46.9. The molecular formula is C23H29F3N6O. The van der Waals surface area contributed by atoms with Crippen LogP contribution in [0.5, 0.6) is 5.75 Å². The van der Waals surface area contributed by atoms with Crippen molar-refractivity contribution in [2.24, 2.45) is 0 Å². The van der Waals surface area contributed by atoms with Crippen molar-refractivity contribution in [3.05, 3.63) is 35.7 Å². The van der Waals surface area contributed by atoms with Crippen molar-refractivity contribution >= 4 is 11.5 Å². The highest BCUT2D eigenvalue weighted by atomic mass is 19.1. The Bertz CT molecular complexity index is 1090. The average molecular weight is 463 g/mol. The van der Waals surface area contributed by atoms with Gasteiger partial charge in [0, 0.05) is 18.1 Å². The second kappa shape index (κ2) is 10.4. The number of rotatable bonds is 3. The fraction of sp³-hybridized carbons (Fsp3) is 0.522. The molecule has 0 radical (unpaired) electrons. The standard InChI is InChI=1S/C18H19F2N5O.C5H10FN/c1-26-14-8-15-22-9-13(17-11(19)7-12(20)18(21)23-17)25(15)24-16(14)10-5-3-2-4-6-10;6-5-1-3-7-4-2-5/h7-10H,2-6H2,1H3,(H2,21,23);5,7H,1-4H2. The number of hydrogen-bond donors (Lipinski definition) is 2. The summed E-state index contributed by atoms with van der Waals surface area (Å²) >= 11 is 0. The minimum absolute atomic E-state index is 0.0799. The van der Waals surface area contributed by atoms with E-state index in [9.17, 15) is 13.2 Å². The van der Waals surface area contributed by atoms with E-state index >= 15 is 0 Å². The van der Waals surface area contributed by atoms with Crippen LogP contribution in [0.15, 0.2) is 18.3 Å². The Morgan fingerprint density at radius 2 is 1.79 bits per heavy atom. The molecule has 0 spiro atoms. The molecule has 5 rings (SSSR count). The first-order chi connectivity index (χ1) is 16.0. The average Bonchev–Trinajstić information content (AvgIpc) is 3.24. The highest BCUT2D eigenvalue weighted by molar-refractivity contribution is 5.62. The van der Waals surface area contributed by atoms with Gasteiger partial charge in [0.2, 0.25) is 0 Å².